The van der Waals surface area contributed by atoms with E-state index in [-0.39, 0.29) is 11.9 Å². The van der Waals surface area contributed by atoms with Crippen LogP contribution in [0.2, 0.25) is 10.0 Å². The number of hydrogen-bond acceptors (Lipinski definition) is 3. The SMILES string of the molecule is O=C(Nc1cccc(Cl)c1Cl)C1NNC2CCCC21. The minimum atomic E-state index is -0.206. The molecule has 0 bridgehead atoms. The number of fused-ring (bicyclic) bond motifs is 1. The molecule has 3 atom stereocenters. The van der Waals surface area contributed by atoms with Crippen molar-refractivity contribution in [2.75, 3.05) is 5.32 Å². The van der Waals surface area contributed by atoms with E-state index in [0.717, 1.165) is 12.8 Å². The number of anilines is 1. The summed E-state index contributed by atoms with van der Waals surface area (Å²) in [5.74, 6) is 0.295. The van der Waals surface area contributed by atoms with Crippen molar-refractivity contribution in [1.29, 1.82) is 0 Å². The number of carbonyl (C=O) groups excluding carboxylic acids is 1. The van der Waals surface area contributed by atoms with Crippen molar-refractivity contribution >= 4 is 34.8 Å². The van der Waals surface area contributed by atoms with Gasteiger partial charge in [-0.3, -0.25) is 10.2 Å². The van der Waals surface area contributed by atoms with Crippen LogP contribution in [0.3, 0.4) is 0 Å². The predicted octanol–water partition coefficient (Wildman–Crippen LogP) is 2.58. The van der Waals surface area contributed by atoms with Gasteiger partial charge in [-0.1, -0.05) is 35.7 Å². The second-order valence-corrected chi connectivity index (χ2v) is 5.84. The molecule has 3 rings (SSSR count). The Morgan fingerprint density at radius 3 is 2.95 bits per heavy atom. The molecule has 2 aliphatic rings. The largest absolute Gasteiger partial charge is 0.323 e. The molecule has 0 radical (unpaired) electrons. The number of amides is 1. The first kappa shape index (κ1) is 13.2. The first-order valence-electron chi connectivity index (χ1n) is 6.43. The van der Waals surface area contributed by atoms with E-state index in [1.165, 1.54) is 6.42 Å². The molecular weight excluding hydrogens is 285 g/mol. The molecule has 1 aromatic rings. The van der Waals surface area contributed by atoms with E-state index in [2.05, 4.69) is 16.2 Å². The lowest BCUT2D eigenvalue weighted by Gasteiger charge is -2.17. The van der Waals surface area contributed by atoms with E-state index in [0.29, 0.717) is 27.7 Å². The molecular formula is C13H15Cl2N3O. The fourth-order valence-electron chi connectivity index (χ4n) is 2.94. The number of halogens is 2. The molecule has 1 heterocycles. The van der Waals surface area contributed by atoms with Crippen molar-refractivity contribution in [3.05, 3.63) is 28.2 Å². The van der Waals surface area contributed by atoms with Crippen LogP contribution in [0.25, 0.3) is 0 Å². The molecule has 1 aromatic carbocycles. The van der Waals surface area contributed by atoms with Gasteiger partial charge in [-0.25, -0.2) is 5.43 Å². The van der Waals surface area contributed by atoms with Crippen molar-refractivity contribution in [3.8, 4) is 0 Å². The van der Waals surface area contributed by atoms with Gasteiger partial charge in [0, 0.05) is 12.0 Å². The minimum absolute atomic E-state index is 0.0638. The summed E-state index contributed by atoms with van der Waals surface area (Å²) in [4.78, 5) is 12.3. The van der Waals surface area contributed by atoms with Gasteiger partial charge in [0.2, 0.25) is 5.91 Å². The Morgan fingerprint density at radius 2 is 2.11 bits per heavy atom. The third-order valence-electron chi connectivity index (χ3n) is 3.91. The monoisotopic (exact) mass is 299 g/mol. The molecule has 0 aromatic heterocycles. The molecule has 3 unspecified atom stereocenters. The number of nitrogens with one attached hydrogen (secondary N) is 3. The second-order valence-electron chi connectivity index (χ2n) is 5.06. The summed E-state index contributed by atoms with van der Waals surface area (Å²) in [5, 5.41) is 3.67. The van der Waals surface area contributed by atoms with Crippen LogP contribution in [0.5, 0.6) is 0 Å². The second kappa shape index (κ2) is 5.29. The van der Waals surface area contributed by atoms with Gasteiger partial charge in [-0.05, 0) is 25.0 Å². The van der Waals surface area contributed by atoms with Gasteiger partial charge in [0.25, 0.3) is 0 Å². The number of carbonyl (C=O) groups is 1. The van der Waals surface area contributed by atoms with Crippen LogP contribution in [0.1, 0.15) is 19.3 Å². The van der Waals surface area contributed by atoms with Crippen LogP contribution in [-0.2, 0) is 4.79 Å². The lowest BCUT2D eigenvalue weighted by Crippen LogP contribution is -2.42. The van der Waals surface area contributed by atoms with E-state index >= 15 is 0 Å². The van der Waals surface area contributed by atoms with E-state index in [1.54, 1.807) is 18.2 Å². The first-order chi connectivity index (χ1) is 9.16. The van der Waals surface area contributed by atoms with Crippen LogP contribution < -0.4 is 16.2 Å². The maximum Gasteiger partial charge on any atom is 0.243 e. The fraction of sp³-hybridized carbons (Fsp3) is 0.462. The molecule has 0 spiro atoms. The normalized spacial score (nSPS) is 29.3. The smallest absolute Gasteiger partial charge is 0.243 e. The molecule has 1 aliphatic carbocycles. The Labute approximate surface area is 121 Å². The standard InChI is InChI=1S/C13H15Cl2N3O/c14-8-4-2-6-10(11(8)15)16-13(19)12-7-3-1-5-9(7)17-18-12/h2,4,6-7,9,12,17-18H,1,3,5H2,(H,16,19). The lowest BCUT2D eigenvalue weighted by molar-refractivity contribution is -0.118. The summed E-state index contributed by atoms with van der Waals surface area (Å²) in [5.41, 5.74) is 6.82. The summed E-state index contributed by atoms with van der Waals surface area (Å²) < 4.78 is 0. The highest BCUT2D eigenvalue weighted by Crippen LogP contribution is 2.33. The van der Waals surface area contributed by atoms with E-state index in [9.17, 15) is 4.79 Å². The van der Waals surface area contributed by atoms with Crippen molar-refractivity contribution in [1.82, 2.24) is 10.9 Å². The summed E-state index contributed by atoms with van der Waals surface area (Å²) in [7, 11) is 0. The highest BCUT2D eigenvalue weighted by Gasteiger charge is 2.42. The molecule has 1 saturated heterocycles. The average molecular weight is 300 g/mol. The van der Waals surface area contributed by atoms with Gasteiger partial charge < -0.3 is 5.32 Å². The van der Waals surface area contributed by atoms with Crippen molar-refractivity contribution in [2.45, 2.75) is 31.3 Å². The number of hydrogen-bond donors (Lipinski definition) is 3. The van der Waals surface area contributed by atoms with E-state index in [1.807, 2.05) is 0 Å². The summed E-state index contributed by atoms with van der Waals surface area (Å²) in [6.07, 6.45) is 3.37. The molecule has 4 nitrogen and oxygen atoms in total. The van der Waals surface area contributed by atoms with Gasteiger partial charge in [0.1, 0.15) is 6.04 Å². The Hall–Kier alpha value is -0.810. The lowest BCUT2D eigenvalue weighted by atomic mass is 9.96. The van der Waals surface area contributed by atoms with Gasteiger partial charge >= 0.3 is 0 Å². The zero-order valence-electron chi connectivity index (χ0n) is 10.2. The first-order valence-corrected chi connectivity index (χ1v) is 7.18. The van der Waals surface area contributed by atoms with E-state index < -0.39 is 0 Å². The van der Waals surface area contributed by atoms with Crippen LogP contribution in [-0.4, -0.2) is 18.0 Å². The molecule has 19 heavy (non-hydrogen) atoms. The Bertz CT molecular complexity index is 509. The highest BCUT2D eigenvalue weighted by atomic mass is 35.5. The Balaban J connectivity index is 1.73. The fourth-order valence-corrected chi connectivity index (χ4v) is 3.29. The van der Waals surface area contributed by atoms with Crippen LogP contribution in [0, 0.1) is 5.92 Å². The van der Waals surface area contributed by atoms with Crippen molar-refractivity contribution in [2.24, 2.45) is 5.92 Å². The molecule has 6 heteroatoms. The summed E-state index contributed by atoms with van der Waals surface area (Å²) in [6, 6.07) is 5.42. The molecule has 3 N–H and O–H groups in total. The molecule has 1 aliphatic heterocycles. The molecule has 102 valence electrons. The van der Waals surface area contributed by atoms with Crippen molar-refractivity contribution in [3.63, 3.8) is 0 Å². The van der Waals surface area contributed by atoms with Crippen LogP contribution >= 0.6 is 23.2 Å². The maximum absolute atomic E-state index is 12.3. The third-order valence-corrected chi connectivity index (χ3v) is 4.73. The molecule has 2 fully saturated rings. The van der Waals surface area contributed by atoms with E-state index in [4.69, 9.17) is 23.2 Å². The van der Waals surface area contributed by atoms with Crippen LogP contribution in [0.15, 0.2) is 18.2 Å². The predicted molar refractivity (Wildman–Crippen MR) is 76.3 cm³/mol. The summed E-state index contributed by atoms with van der Waals surface area (Å²) >= 11 is 12.0. The van der Waals surface area contributed by atoms with Crippen LogP contribution in [0.4, 0.5) is 5.69 Å². The van der Waals surface area contributed by atoms with Crippen molar-refractivity contribution < 1.29 is 4.79 Å². The molecule has 1 amide bonds. The Morgan fingerprint density at radius 1 is 1.26 bits per heavy atom. The maximum atomic E-state index is 12.3. The topological polar surface area (TPSA) is 53.2 Å². The van der Waals surface area contributed by atoms with Gasteiger partial charge in [0.05, 0.1) is 15.7 Å². The van der Waals surface area contributed by atoms with Gasteiger partial charge in [-0.2, -0.15) is 0 Å². The minimum Gasteiger partial charge on any atom is -0.323 e. The third kappa shape index (κ3) is 2.46. The highest BCUT2D eigenvalue weighted by molar-refractivity contribution is 6.44. The number of benzene rings is 1. The number of hydrazine groups is 1. The quantitative estimate of drug-likeness (QED) is 0.787. The zero-order valence-corrected chi connectivity index (χ0v) is 11.8. The molecule has 1 saturated carbocycles. The number of rotatable bonds is 2. The zero-order chi connectivity index (χ0) is 13.4. The van der Waals surface area contributed by atoms with Gasteiger partial charge in [-0.15, -0.1) is 0 Å². The summed E-state index contributed by atoms with van der Waals surface area (Å²) in [6.45, 7) is 0. The average Bonchev–Trinajstić information content (AvgIpc) is 2.96. The Kier molecular flexibility index (Phi) is 3.67. The van der Waals surface area contributed by atoms with Gasteiger partial charge in [0.15, 0.2) is 0 Å².